The number of imidazole rings is 1. The van der Waals surface area contributed by atoms with Crippen molar-refractivity contribution < 1.29 is 4.79 Å². The first kappa shape index (κ1) is 15.8. The van der Waals surface area contributed by atoms with Crippen LogP contribution in [0.3, 0.4) is 0 Å². The molecule has 0 saturated heterocycles. The van der Waals surface area contributed by atoms with E-state index in [4.69, 9.17) is 0 Å². The predicted molar refractivity (Wildman–Crippen MR) is 98.2 cm³/mol. The number of carbonyl (C=O) groups excluding carboxylic acids is 1. The Balaban J connectivity index is 1.49. The predicted octanol–water partition coefficient (Wildman–Crippen LogP) is 2.22. The summed E-state index contributed by atoms with van der Waals surface area (Å²) < 4.78 is 3.17. The van der Waals surface area contributed by atoms with E-state index in [0.29, 0.717) is 16.6 Å². The van der Waals surface area contributed by atoms with Gasteiger partial charge in [-0.15, -0.1) is 0 Å². The lowest BCUT2D eigenvalue weighted by atomic mass is 10.2. The maximum absolute atomic E-state index is 12.4. The summed E-state index contributed by atoms with van der Waals surface area (Å²) >= 11 is 0. The molecule has 26 heavy (non-hydrogen) atoms. The number of aromatic nitrogens is 4. The molecule has 1 amide bonds. The standard InChI is InChI=1S/C19H15N5O2/c25-18(11-24-13-21-17-4-2-1-3-16(17)19(24)26)22-14-5-7-15(8-6-14)23-10-9-20-12-23/h1-10,12-13H,11H2,(H,22,25). The first-order valence-electron chi connectivity index (χ1n) is 8.03. The topological polar surface area (TPSA) is 81.8 Å². The second-order valence-corrected chi connectivity index (χ2v) is 5.76. The molecule has 128 valence electrons. The van der Waals surface area contributed by atoms with Crippen LogP contribution in [-0.4, -0.2) is 25.0 Å². The fraction of sp³-hybridized carbons (Fsp3) is 0.0526. The van der Waals surface area contributed by atoms with Crippen LogP contribution in [0.2, 0.25) is 0 Å². The molecule has 1 N–H and O–H groups in total. The summed E-state index contributed by atoms with van der Waals surface area (Å²) in [5.74, 6) is -0.292. The Morgan fingerprint density at radius 3 is 2.62 bits per heavy atom. The number of nitrogens with one attached hydrogen (secondary N) is 1. The SMILES string of the molecule is O=C(Cn1cnc2ccccc2c1=O)Nc1ccc(-n2ccnc2)cc1. The monoisotopic (exact) mass is 345 g/mol. The summed E-state index contributed by atoms with van der Waals surface area (Å²) in [6, 6.07) is 14.4. The Morgan fingerprint density at radius 2 is 1.85 bits per heavy atom. The molecule has 0 aliphatic heterocycles. The van der Waals surface area contributed by atoms with E-state index in [-0.39, 0.29) is 18.0 Å². The molecule has 4 aromatic rings. The van der Waals surface area contributed by atoms with Crippen molar-refractivity contribution in [2.75, 3.05) is 5.32 Å². The Kier molecular flexibility index (Phi) is 4.03. The smallest absolute Gasteiger partial charge is 0.261 e. The Labute approximate surface area is 148 Å². The number of para-hydroxylation sites is 1. The molecule has 2 aromatic heterocycles. The number of hydrogen-bond acceptors (Lipinski definition) is 4. The van der Waals surface area contributed by atoms with Crippen molar-refractivity contribution in [1.82, 2.24) is 19.1 Å². The van der Waals surface area contributed by atoms with E-state index in [0.717, 1.165) is 5.69 Å². The molecule has 4 rings (SSSR count). The van der Waals surface area contributed by atoms with E-state index in [1.807, 2.05) is 29.0 Å². The van der Waals surface area contributed by atoms with Crippen molar-refractivity contribution in [3.05, 3.63) is 83.9 Å². The van der Waals surface area contributed by atoms with Gasteiger partial charge in [0.15, 0.2) is 0 Å². The maximum atomic E-state index is 12.4. The molecule has 2 heterocycles. The lowest BCUT2D eigenvalue weighted by molar-refractivity contribution is -0.116. The highest BCUT2D eigenvalue weighted by Gasteiger charge is 2.08. The Morgan fingerprint density at radius 1 is 1.04 bits per heavy atom. The first-order valence-corrected chi connectivity index (χ1v) is 8.03. The normalized spacial score (nSPS) is 10.8. The summed E-state index contributed by atoms with van der Waals surface area (Å²) in [5, 5.41) is 3.28. The van der Waals surface area contributed by atoms with Gasteiger partial charge in [-0.2, -0.15) is 0 Å². The van der Waals surface area contributed by atoms with Gasteiger partial charge in [0.2, 0.25) is 5.91 Å². The highest BCUT2D eigenvalue weighted by Crippen LogP contribution is 2.13. The van der Waals surface area contributed by atoms with E-state index in [1.54, 1.807) is 42.9 Å². The zero-order valence-electron chi connectivity index (χ0n) is 13.7. The third-order valence-electron chi connectivity index (χ3n) is 4.00. The molecule has 0 radical (unpaired) electrons. The summed E-state index contributed by atoms with van der Waals surface area (Å²) in [6.07, 6.45) is 6.64. The lowest BCUT2D eigenvalue weighted by Crippen LogP contribution is -2.27. The molecule has 0 unspecified atom stereocenters. The van der Waals surface area contributed by atoms with Gasteiger partial charge in [-0.25, -0.2) is 9.97 Å². The molecule has 0 saturated carbocycles. The fourth-order valence-electron chi connectivity index (χ4n) is 2.70. The molecule has 0 aliphatic carbocycles. The molecule has 0 atom stereocenters. The number of fused-ring (bicyclic) bond motifs is 1. The number of amides is 1. The fourth-order valence-corrected chi connectivity index (χ4v) is 2.70. The van der Waals surface area contributed by atoms with Gasteiger partial charge in [-0.05, 0) is 36.4 Å². The van der Waals surface area contributed by atoms with Gasteiger partial charge in [0.25, 0.3) is 5.56 Å². The molecule has 0 bridgehead atoms. The molecule has 0 aliphatic rings. The minimum absolute atomic E-state index is 0.0973. The average Bonchev–Trinajstić information content (AvgIpc) is 3.20. The molecule has 7 nitrogen and oxygen atoms in total. The minimum Gasteiger partial charge on any atom is -0.325 e. The van der Waals surface area contributed by atoms with Crippen LogP contribution in [0.25, 0.3) is 16.6 Å². The third-order valence-corrected chi connectivity index (χ3v) is 4.00. The van der Waals surface area contributed by atoms with Crippen molar-refractivity contribution >= 4 is 22.5 Å². The number of anilines is 1. The molecule has 7 heteroatoms. The number of nitrogens with zero attached hydrogens (tertiary/aromatic N) is 4. The van der Waals surface area contributed by atoms with Gasteiger partial charge in [-0.3, -0.25) is 14.2 Å². The van der Waals surface area contributed by atoms with Gasteiger partial charge >= 0.3 is 0 Å². The van der Waals surface area contributed by atoms with E-state index in [1.165, 1.54) is 10.9 Å². The molecule has 0 spiro atoms. The van der Waals surface area contributed by atoms with Gasteiger partial charge < -0.3 is 9.88 Å². The van der Waals surface area contributed by atoms with Crippen molar-refractivity contribution in [1.29, 1.82) is 0 Å². The number of hydrogen-bond donors (Lipinski definition) is 1. The Hall–Kier alpha value is -3.74. The highest BCUT2D eigenvalue weighted by atomic mass is 16.2. The quantitative estimate of drug-likeness (QED) is 0.615. The summed E-state index contributed by atoms with van der Waals surface area (Å²) in [6.45, 7) is -0.0973. The van der Waals surface area contributed by atoms with Crippen molar-refractivity contribution in [2.45, 2.75) is 6.54 Å². The maximum Gasteiger partial charge on any atom is 0.261 e. The van der Waals surface area contributed by atoms with Crippen LogP contribution in [0.1, 0.15) is 0 Å². The van der Waals surface area contributed by atoms with Crippen LogP contribution < -0.4 is 10.9 Å². The zero-order chi connectivity index (χ0) is 17.9. The molecular weight excluding hydrogens is 330 g/mol. The van der Waals surface area contributed by atoms with Gasteiger partial charge in [0.1, 0.15) is 6.54 Å². The second-order valence-electron chi connectivity index (χ2n) is 5.76. The van der Waals surface area contributed by atoms with Gasteiger partial charge in [0.05, 0.1) is 23.6 Å². The highest BCUT2D eigenvalue weighted by molar-refractivity contribution is 5.90. The minimum atomic E-state index is -0.292. The zero-order valence-corrected chi connectivity index (χ0v) is 13.7. The van der Waals surface area contributed by atoms with Crippen LogP contribution >= 0.6 is 0 Å². The van der Waals surface area contributed by atoms with Crippen molar-refractivity contribution in [2.24, 2.45) is 0 Å². The van der Waals surface area contributed by atoms with Gasteiger partial charge in [0, 0.05) is 23.8 Å². The van der Waals surface area contributed by atoms with Crippen LogP contribution in [0.5, 0.6) is 0 Å². The number of rotatable bonds is 4. The van der Waals surface area contributed by atoms with E-state index in [9.17, 15) is 9.59 Å². The molecule has 2 aromatic carbocycles. The Bertz CT molecular complexity index is 1110. The van der Waals surface area contributed by atoms with Crippen LogP contribution in [0.4, 0.5) is 5.69 Å². The number of benzene rings is 2. The van der Waals surface area contributed by atoms with Crippen molar-refractivity contribution in [3.63, 3.8) is 0 Å². The van der Waals surface area contributed by atoms with Crippen LogP contribution in [-0.2, 0) is 11.3 Å². The van der Waals surface area contributed by atoms with Crippen LogP contribution in [0.15, 0.2) is 78.4 Å². The molecular formula is C19H15N5O2. The van der Waals surface area contributed by atoms with Crippen LogP contribution in [0, 0.1) is 0 Å². The first-order chi connectivity index (χ1) is 12.7. The summed E-state index contributed by atoms with van der Waals surface area (Å²) in [4.78, 5) is 32.9. The molecule has 0 fully saturated rings. The number of carbonyl (C=O) groups is 1. The third kappa shape index (κ3) is 3.10. The van der Waals surface area contributed by atoms with Gasteiger partial charge in [-0.1, -0.05) is 12.1 Å². The van der Waals surface area contributed by atoms with Crippen molar-refractivity contribution in [3.8, 4) is 5.69 Å². The largest absolute Gasteiger partial charge is 0.325 e. The van der Waals surface area contributed by atoms with E-state index < -0.39 is 0 Å². The lowest BCUT2D eigenvalue weighted by Gasteiger charge is -2.09. The average molecular weight is 345 g/mol. The van der Waals surface area contributed by atoms with E-state index >= 15 is 0 Å². The van der Waals surface area contributed by atoms with E-state index in [2.05, 4.69) is 15.3 Å². The summed E-state index contributed by atoms with van der Waals surface area (Å²) in [5.41, 5.74) is 1.97. The summed E-state index contributed by atoms with van der Waals surface area (Å²) in [7, 11) is 0. The second kappa shape index (κ2) is 6.64.